The van der Waals surface area contributed by atoms with E-state index in [9.17, 15) is 0 Å². The van der Waals surface area contributed by atoms with Crippen molar-refractivity contribution in [1.29, 1.82) is 0 Å². The molecule has 2 aromatic rings. The van der Waals surface area contributed by atoms with Gasteiger partial charge in [-0.05, 0) is 43.2 Å². The molecule has 0 fully saturated rings. The van der Waals surface area contributed by atoms with Gasteiger partial charge in [0.15, 0.2) is 11.5 Å². The van der Waals surface area contributed by atoms with Crippen LogP contribution in [0.2, 0.25) is 15.1 Å². The molecule has 0 aliphatic rings. The van der Waals surface area contributed by atoms with Crippen LogP contribution in [0.3, 0.4) is 0 Å². The van der Waals surface area contributed by atoms with E-state index in [4.69, 9.17) is 44.3 Å². The average molecular weight is 403 g/mol. The summed E-state index contributed by atoms with van der Waals surface area (Å²) in [6, 6.07) is 9.57. The van der Waals surface area contributed by atoms with Gasteiger partial charge in [-0.15, -0.1) is 0 Å². The van der Waals surface area contributed by atoms with Crippen molar-refractivity contribution >= 4 is 34.8 Å². The van der Waals surface area contributed by atoms with Gasteiger partial charge in [-0.3, -0.25) is 0 Å². The third-order valence-corrected chi connectivity index (χ3v) is 4.97. The fourth-order valence-corrected chi connectivity index (χ4v) is 3.06. The molecule has 0 aromatic heterocycles. The van der Waals surface area contributed by atoms with Crippen LogP contribution in [0.5, 0.6) is 11.5 Å². The largest absolute Gasteiger partial charge is 0.493 e. The maximum absolute atomic E-state index is 6.41. The standard InChI is InChI=1S/C19H22Cl3NO2/c1-4-12(2)23-10-13-8-17(22)19(18(9-13)24-3)25-11-14-15(20)6-5-7-16(14)21/h5-9,12,23H,4,10-11H2,1-3H3/t12-/m0/s1. The number of benzene rings is 2. The fraction of sp³-hybridized carbons (Fsp3) is 0.368. The van der Waals surface area contributed by atoms with Crippen molar-refractivity contribution in [2.45, 2.75) is 39.5 Å². The highest BCUT2D eigenvalue weighted by Gasteiger charge is 2.14. The Kier molecular flexibility index (Phi) is 7.70. The first-order valence-corrected chi connectivity index (χ1v) is 9.25. The molecule has 1 atom stereocenters. The van der Waals surface area contributed by atoms with Gasteiger partial charge in [-0.25, -0.2) is 0 Å². The number of methoxy groups -OCH3 is 1. The highest BCUT2D eigenvalue weighted by Crippen LogP contribution is 2.38. The summed E-state index contributed by atoms with van der Waals surface area (Å²) in [7, 11) is 1.59. The van der Waals surface area contributed by atoms with Gasteiger partial charge in [0.05, 0.1) is 12.1 Å². The van der Waals surface area contributed by atoms with Crippen LogP contribution in [0, 0.1) is 0 Å². The maximum atomic E-state index is 6.41. The van der Waals surface area contributed by atoms with Gasteiger partial charge in [0.25, 0.3) is 0 Å². The molecule has 2 aromatic carbocycles. The quantitative estimate of drug-likeness (QED) is 0.576. The van der Waals surface area contributed by atoms with E-state index in [-0.39, 0.29) is 6.61 Å². The van der Waals surface area contributed by atoms with Crippen LogP contribution in [0.4, 0.5) is 0 Å². The average Bonchev–Trinajstić information content (AvgIpc) is 2.60. The fourth-order valence-electron chi connectivity index (χ4n) is 2.27. The van der Waals surface area contributed by atoms with Crippen LogP contribution in [0.25, 0.3) is 0 Å². The van der Waals surface area contributed by atoms with Crippen LogP contribution in [-0.2, 0) is 13.2 Å². The van der Waals surface area contributed by atoms with Gasteiger partial charge in [-0.2, -0.15) is 0 Å². The normalized spacial score (nSPS) is 12.1. The summed E-state index contributed by atoms with van der Waals surface area (Å²) in [6.45, 7) is 5.20. The first kappa shape index (κ1) is 20.2. The van der Waals surface area contributed by atoms with Gasteiger partial charge in [0.2, 0.25) is 0 Å². The Bertz CT molecular complexity index is 702. The first-order chi connectivity index (χ1) is 12.0. The topological polar surface area (TPSA) is 30.5 Å². The van der Waals surface area contributed by atoms with Gasteiger partial charge in [0, 0.05) is 28.2 Å². The number of halogens is 3. The molecule has 2 rings (SSSR count). The second-order valence-corrected chi connectivity index (χ2v) is 7.01. The first-order valence-electron chi connectivity index (χ1n) is 8.11. The van der Waals surface area contributed by atoms with E-state index < -0.39 is 0 Å². The van der Waals surface area contributed by atoms with E-state index in [2.05, 4.69) is 19.2 Å². The van der Waals surface area contributed by atoms with Crippen LogP contribution >= 0.6 is 34.8 Å². The van der Waals surface area contributed by atoms with E-state index in [1.807, 2.05) is 12.1 Å². The van der Waals surface area contributed by atoms with Gasteiger partial charge in [-0.1, -0.05) is 47.8 Å². The second-order valence-electron chi connectivity index (χ2n) is 5.79. The molecule has 25 heavy (non-hydrogen) atoms. The molecule has 0 aliphatic carbocycles. The molecule has 0 heterocycles. The highest BCUT2D eigenvalue weighted by molar-refractivity contribution is 6.36. The predicted molar refractivity (Wildman–Crippen MR) is 105 cm³/mol. The molecule has 0 saturated heterocycles. The highest BCUT2D eigenvalue weighted by atomic mass is 35.5. The Balaban J connectivity index is 2.17. The van der Waals surface area contributed by atoms with Crippen LogP contribution < -0.4 is 14.8 Å². The number of ether oxygens (including phenoxy) is 2. The zero-order valence-electron chi connectivity index (χ0n) is 14.5. The zero-order chi connectivity index (χ0) is 18.4. The summed E-state index contributed by atoms with van der Waals surface area (Å²) < 4.78 is 11.3. The lowest BCUT2D eigenvalue weighted by molar-refractivity contribution is 0.284. The van der Waals surface area contributed by atoms with Crippen LogP contribution in [0.1, 0.15) is 31.4 Å². The monoisotopic (exact) mass is 401 g/mol. The molecule has 0 unspecified atom stereocenters. The van der Waals surface area contributed by atoms with Crippen molar-refractivity contribution in [3.8, 4) is 11.5 Å². The van der Waals surface area contributed by atoms with Crippen molar-refractivity contribution in [1.82, 2.24) is 5.32 Å². The molecular weight excluding hydrogens is 381 g/mol. The minimum atomic E-state index is 0.207. The van der Waals surface area contributed by atoms with E-state index >= 15 is 0 Å². The Labute approximate surface area is 164 Å². The van der Waals surface area contributed by atoms with E-state index in [0.717, 1.165) is 12.0 Å². The van der Waals surface area contributed by atoms with Crippen molar-refractivity contribution in [3.63, 3.8) is 0 Å². The summed E-state index contributed by atoms with van der Waals surface area (Å²) in [4.78, 5) is 0. The van der Waals surface area contributed by atoms with Crippen LogP contribution in [0.15, 0.2) is 30.3 Å². The van der Waals surface area contributed by atoms with Crippen LogP contribution in [-0.4, -0.2) is 13.2 Å². The smallest absolute Gasteiger partial charge is 0.180 e. The Hall–Kier alpha value is -1.13. The summed E-state index contributed by atoms with van der Waals surface area (Å²) in [5, 5.41) is 5.02. The van der Waals surface area contributed by atoms with Crippen molar-refractivity contribution in [2.75, 3.05) is 7.11 Å². The lowest BCUT2D eigenvalue weighted by Gasteiger charge is -2.16. The molecule has 0 bridgehead atoms. The van der Waals surface area contributed by atoms with E-state index in [1.165, 1.54) is 0 Å². The Morgan fingerprint density at radius 2 is 1.76 bits per heavy atom. The molecule has 0 amide bonds. The minimum absolute atomic E-state index is 0.207. The molecule has 136 valence electrons. The molecule has 1 N–H and O–H groups in total. The summed E-state index contributed by atoms with van der Waals surface area (Å²) in [6.07, 6.45) is 1.06. The predicted octanol–water partition coefficient (Wildman–Crippen LogP) is 6.12. The molecule has 0 aliphatic heterocycles. The van der Waals surface area contributed by atoms with E-state index in [1.54, 1.807) is 25.3 Å². The number of hydrogen-bond acceptors (Lipinski definition) is 3. The number of hydrogen-bond donors (Lipinski definition) is 1. The summed E-state index contributed by atoms with van der Waals surface area (Å²) >= 11 is 18.8. The SMILES string of the molecule is CC[C@H](C)NCc1cc(Cl)c(OCc2c(Cl)cccc2Cl)c(OC)c1. The maximum Gasteiger partial charge on any atom is 0.180 e. The van der Waals surface area contributed by atoms with Gasteiger partial charge >= 0.3 is 0 Å². The van der Waals surface area contributed by atoms with Gasteiger partial charge in [0.1, 0.15) is 6.61 Å². The lowest BCUT2D eigenvalue weighted by Crippen LogP contribution is -2.24. The summed E-state index contributed by atoms with van der Waals surface area (Å²) in [5.74, 6) is 1.06. The molecule has 3 nitrogen and oxygen atoms in total. The third-order valence-electron chi connectivity index (χ3n) is 3.98. The molecule has 6 heteroatoms. The minimum Gasteiger partial charge on any atom is -0.493 e. The lowest BCUT2D eigenvalue weighted by atomic mass is 10.1. The van der Waals surface area contributed by atoms with Crippen molar-refractivity contribution in [3.05, 3.63) is 56.5 Å². The van der Waals surface area contributed by atoms with Crippen molar-refractivity contribution in [2.24, 2.45) is 0 Å². The molecule has 0 radical (unpaired) electrons. The van der Waals surface area contributed by atoms with E-state index in [0.29, 0.717) is 44.7 Å². The molecule has 0 saturated carbocycles. The number of rotatable bonds is 8. The zero-order valence-corrected chi connectivity index (χ0v) is 16.8. The second kappa shape index (κ2) is 9.54. The van der Waals surface area contributed by atoms with Gasteiger partial charge < -0.3 is 14.8 Å². The summed E-state index contributed by atoms with van der Waals surface area (Å²) in [5.41, 5.74) is 1.75. The number of nitrogens with one attached hydrogen (secondary N) is 1. The van der Waals surface area contributed by atoms with Crippen molar-refractivity contribution < 1.29 is 9.47 Å². The Morgan fingerprint density at radius 3 is 2.36 bits per heavy atom. The molecular formula is C19H22Cl3NO2. The molecule has 0 spiro atoms. The third kappa shape index (κ3) is 5.42. The Morgan fingerprint density at radius 1 is 1.08 bits per heavy atom.